The van der Waals surface area contributed by atoms with E-state index in [9.17, 15) is 0 Å². The number of thiol groups is 1. The third kappa shape index (κ3) is 20.1. The molecule has 0 atom stereocenters. The van der Waals surface area contributed by atoms with Gasteiger partial charge in [0.25, 0.3) is 0 Å². The van der Waals surface area contributed by atoms with Crippen molar-refractivity contribution in [3.63, 3.8) is 0 Å². The summed E-state index contributed by atoms with van der Waals surface area (Å²) in [6.45, 7) is 4.13. The van der Waals surface area contributed by atoms with Gasteiger partial charge in [0.05, 0.1) is 0 Å². The van der Waals surface area contributed by atoms with Crippen molar-refractivity contribution in [1.29, 1.82) is 0 Å². The minimum Gasteiger partial charge on any atom is -0.381 e. The Kier molecular flexibility index (Phi) is 14.8. The fourth-order valence-electron chi connectivity index (χ4n) is 2.44. The zero-order valence-electron chi connectivity index (χ0n) is 13.2. The summed E-state index contributed by atoms with van der Waals surface area (Å²) < 4.78 is 37.4. The van der Waals surface area contributed by atoms with Crippen LogP contribution < -0.4 is 5.32 Å². The second-order valence-electron chi connectivity index (χ2n) is 5.56. The SMILES string of the molecule is O=S(=O)(O)O.SCCNCCCCCOCC1CCCCC1. The van der Waals surface area contributed by atoms with Gasteiger partial charge in [0, 0.05) is 25.5 Å². The Hall–Kier alpha value is 0.140. The number of rotatable bonds is 10. The van der Waals surface area contributed by atoms with Crippen molar-refractivity contribution in [1.82, 2.24) is 5.32 Å². The van der Waals surface area contributed by atoms with Gasteiger partial charge >= 0.3 is 10.4 Å². The Labute approximate surface area is 140 Å². The fourth-order valence-corrected chi connectivity index (χ4v) is 2.60. The number of unbranched alkanes of at least 4 members (excludes halogenated alkanes) is 2. The van der Waals surface area contributed by atoms with Gasteiger partial charge in [-0.15, -0.1) is 0 Å². The summed E-state index contributed by atoms with van der Waals surface area (Å²) in [6, 6.07) is 0. The van der Waals surface area contributed by atoms with Crippen molar-refractivity contribution in [3.05, 3.63) is 0 Å². The molecular formula is C14H31NO5S2. The third-order valence-electron chi connectivity index (χ3n) is 3.51. The topological polar surface area (TPSA) is 95.9 Å². The predicted octanol–water partition coefficient (Wildman–Crippen LogP) is 2.62. The summed E-state index contributed by atoms with van der Waals surface area (Å²) in [5.74, 6) is 1.80. The molecule has 1 aliphatic carbocycles. The highest BCUT2D eigenvalue weighted by Gasteiger charge is 2.12. The largest absolute Gasteiger partial charge is 0.394 e. The molecule has 134 valence electrons. The molecule has 0 aromatic rings. The minimum absolute atomic E-state index is 0.862. The summed E-state index contributed by atoms with van der Waals surface area (Å²) >= 11 is 4.16. The van der Waals surface area contributed by atoms with Crippen LogP contribution in [0.25, 0.3) is 0 Å². The highest BCUT2D eigenvalue weighted by molar-refractivity contribution is 7.80. The monoisotopic (exact) mass is 357 g/mol. The molecule has 1 saturated carbocycles. The van der Waals surface area contributed by atoms with E-state index in [1.807, 2.05) is 0 Å². The van der Waals surface area contributed by atoms with E-state index in [1.165, 1.54) is 51.4 Å². The van der Waals surface area contributed by atoms with E-state index < -0.39 is 10.4 Å². The Balaban J connectivity index is 0.000000763. The lowest BCUT2D eigenvalue weighted by Crippen LogP contribution is -2.17. The molecule has 22 heavy (non-hydrogen) atoms. The molecule has 1 rings (SSSR count). The maximum Gasteiger partial charge on any atom is 0.394 e. The molecule has 0 heterocycles. The maximum atomic E-state index is 8.74. The van der Waals surface area contributed by atoms with Gasteiger partial charge in [0.1, 0.15) is 0 Å². The van der Waals surface area contributed by atoms with Gasteiger partial charge in [-0.25, -0.2) is 0 Å². The summed E-state index contributed by atoms with van der Waals surface area (Å²) in [5, 5.41) is 3.36. The molecule has 0 radical (unpaired) electrons. The van der Waals surface area contributed by atoms with Crippen LogP contribution in [0.15, 0.2) is 0 Å². The highest BCUT2D eigenvalue weighted by Crippen LogP contribution is 2.23. The van der Waals surface area contributed by atoms with Gasteiger partial charge in [-0.05, 0) is 44.6 Å². The zero-order valence-corrected chi connectivity index (χ0v) is 15.0. The van der Waals surface area contributed by atoms with E-state index in [0.717, 1.165) is 38.0 Å². The zero-order chi connectivity index (χ0) is 16.7. The Morgan fingerprint density at radius 1 is 1.05 bits per heavy atom. The van der Waals surface area contributed by atoms with Crippen molar-refractivity contribution in [2.24, 2.45) is 5.92 Å². The van der Waals surface area contributed by atoms with Gasteiger partial charge in [-0.1, -0.05) is 19.3 Å². The average molecular weight is 358 g/mol. The molecule has 8 heteroatoms. The van der Waals surface area contributed by atoms with Crippen molar-refractivity contribution in [3.8, 4) is 0 Å². The molecule has 0 spiro atoms. The van der Waals surface area contributed by atoms with Crippen molar-refractivity contribution in [2.75, 3.05) is 32.1 Å². The number of ether oxygens (including phenoxy) is 1. The Morgan fingerprint density at radius 3 is 2.27 bits per heavy atom. The first-order chi connectivity index (χ1) is 10.4. The molecule has 0 saturated heterocycles. The minimum atomic E-state index is -4.67. The second kappa shape index (κ2) is 14.7. The van der Waals surface area contributed by atoms with Crippen molar-refractivity contribution < 1.29 is 22.3 Å². The standard InChI is InChI=1S/C14H29NOS.H2O4S/c17-12-10-15-9-5-2-6-11-16-13-14-7-3-1-4-8-14;1-5(2,3)4/h14-15,17H,1-13H2;(H2,1,2,3,4). The maximum absolute atomic E-state index is 8.74. The smallest absolute Gasteiger partial charge is 0.381 e. The van der Waals surface area contributed by atoms with E-state index in [1.54, 1.807) is 0 Å². The van der Waals surface area contributed by atoms with Crippen LogP contribution >= 0.6 is 12.6 Å². The van der Waals surface area contributed by atoms with E-state index in [0.29, 0.717) is 0 Å². The molecule has 0 bridgehead atoms. The molecule has 0 unspecified atom stereocenters. The number of hydrogen-bond acceptors (Lipinski definition) is 5. The molecule has 1 fully saturated rings. The van der Waals surface area contributed by atoms with E-state index in [4.69, 9.17) is 22.3 Å². The van der Waals surface area contributed by atoms with E-state index in [-0.39, 0.29) is 0 Å². The Morgan fingerprint density at radius 2 is 1.68 bits per heavy atom. The lowest BCUT2D eigenvalue weighted by molar-refractivity contribution is 0.0825. The summed E-state index contributed by atoms with van der Waals surface area (Å²) in [5.41, 5.74) is 0. The van der Waals surface area contributed by atoms with Crippen molar-refractivity contribution >= 4 is 23.0 Å². The van der Waals surface area contributed by atoms with Gasteiger partial charge in [-0.2, -0.15) is 21.0 Å². The van der Waals surface area contributed by atoms with Crippen LogP contribution in [0.5, 0.6) is 0 Å². The first-order valence-corrected chi connectivity index (χ1v) is 10.1. The van der Waals surface area contributed by atoms with Gasteiger partial charge in [-0.3, -0.25) is 9.11 Å². The molecule has 0 aromatic carbocycles. The van der Waals surface area contributed by atoms with E-state index in [2.05, 4.69) is 17.9 Å². The lowest BCUT2D eigenvalue weighted by Gasteiger charge is -2.21. The lowest BCUT2D eigenvalue weighted by atomic mass is 9.90. The normalized spacial score (nSPS) is 16.1. The predicted molar refractivity (Wildman–Crippen MR) is 92.1 cm³/mol. The quantitative estimate of drug-likeness (QED) is 0.273. The van der Waals surface area contributed by atoms with Crippen LogP contribution in [0.2, 0.25) is 0 Å². The van der Waals surface area contributed by atoms with Crippen LogP contribution in [0, 0.1) is 5.92 Å². The van der Waals surface area contributed by atoms with Gasteiger partial charge < -0.3 is 10.1 Å². The highest BCUT2D eigenvalue weighted by atomic mass is 32.3. The molecular weight excluding hydrogens is 326 g/mol. The first kappa shape index (κ1) is 22.1. The summed E-state index contributed by atoms with van der Waals surface area (Å²) in [7, 11) is -4.67. The van der Waals surface area contributed by atoms with Crippen molar-refractivity contribution in [2.45, 2.75) is 51.4 Å². The molecule has 3 N–H and O–H groups in total. The number of nitrogens with one attached hydrogen (secondary N) is 1. The van der Waals surface area contributed by atoms with Crippen LogP contribution in [0.1, 0.15) is 51.4 Å². The summed E-state index contributed by atoms with van der Waals surface area (Å²) in [4.78, 5) is 0. The van der Waals surface area contributed by atoms with Crippen LogP contribution in [0.4, 0.5) is 0 Å². The Bertz CT molecular complexity index is 324. The van der Waals surface area contributed by atoms with Crippen LogP contribution in [-0.4, -0.2) is 49.6 Å². The first-order valence-electron chi connectivity index (χ1n) is 8.02. The molecule has 0 aromatic heterocycles. The molecule has 0 aliphatic heterocycles. The molecule has 1 aliphatic rings. The van der Waals surface area contributed by atoms with Crippen LogP contribution in [-0.2, 0) is 15.1 Å². The van der Waals surface area contributed by atoms with Crippen LogP contribution in [0.3, 0.4) is 0 Å². The second-order valence-corrected chi connectivity index (χ2v) is 6.90. The van der Waals surface area contributed by atoms with E-state index >= 15 is 0 Å². The van der Waals surface area contributed by atoms with Gasteiger partial charge in [0.15, 0.2) is 0 Å². The molecule has 6 nitrogen and oxygen atoms in total. The number of hydrogen-bond donors (Lipinski definition) is 4. The molecule has 0 amide bonds. The fraction of sp³-hybridized carbons (Fsp3) is 1.00. The van der Waals surface area contributed by atoms with Gasteiger partial charge in [0.2, 0.25) is 0 Å². The third-order valence-corrected chi connectivity index (χ3v) is 3.73. The summed E-state index contributed by atoms with van der Waals surface area (Å²) in [6.07, 6.45) is 10.8. The average Bonchev–Trinajstić information content (AvgIpc) is 2.45.